The van der Waals surface area contributed by atoms with E-state index in [1.165, 1.54) is 29.7 Å². The first-order chi connectivity index (χ1) is 10.1. The van der Waals surface area contributed by atoms with Crippen LogP contribution in [0.4, 0.5) is 0 Å². The predicted molar refractivity (Wildman–Crippen MR) is 81.1 cm³/mol. The zero-order valence-corrected chi connectivity index (χ0v) is 12.2. The summed E-state index contributed by atoms with van der Waals surface area (Å²) in [6, 6.07) is 4.73. The average Bonchev–Trinajstić information content (AvgIpc) is 2.92. The highest BCUT2D eigenvalue weighted by Crippen LogP contribution is 2.16. The van der Waals surface area contributed by atoms with E-state index in [0.29, 0.717) is 12.1 Å². The molecule has 0 saturated heterocycles. The van der Waals surface area contributed by atoms with Crippen LogP contribution in [0.1, 0.15) is 20.8 Å². The van der Waals surface area contributed by atoms with Crippen molar-refractivity contribution in [3.05, 3.63) is 56.1 Å². The van der Waals surface area contributed by atoms with Crippen molar-refractivity contribution in [2.75, 3.05) is 13.7 Å². The second kappa shape index (κ2) is 6.88. The van der Waals surface area contributed by atoms with Crippen LogP contribution in [0.5, 0.6) is 0 Å². The zero-order chi connectivity index (χ0) is 15.2. The number of H-pyrrole nitrogens is 1. The molecule has 0 aliphatic carbocycles. The van der Waals surface area contributed by atoms with Gasteiger partial charge in [-0.1, -0.05) is 11.8 Å². The topological polar surface area (TPSA) is 73.4 Å². The standard InChI is InChI=1S/C15H14N2O3S/c1-17(15(20)12-4-5-14(19)16-8-12)9-13-7-11(10-21-13)3-2-6-18/h4-5,7-8,10,18H,6,9H2,1H3,(H,16,19). The lowest BCUT2D eigenvalue weighted by Gasteiger charge is -2.15. The summed E-state index contributed by atoms with van der Waals surface area (Å²) in [6.07, 6.45) is 1.41. The zero-order valence-electron chi connectivity index (χ0n) is 11.4. The molecule has 0 radical (unpaired) electrons. The number of aromatic nitrogens is 1. The van der Waals surface area contributed by atoms with Crippen molar-refractivity contribution in [3.63, 3.8) is 0 Å². The van der Waals surface area contributed by atoms with Gasteiger partial charge < -0.3 is 15.0 Å². The van der Waals surface area contributed by atoms with Crippen molar-refractivity contribution in [1.29, 1.82) is 0 Å². The summed E-state index contributed by atoms with van der Waals surface area (Å²) < 4.78 is 0. The summed E-state index contributed by atoms with van der Waals surface area (Å²) in [4.78, 5) is 28.2. The van der Waals surface area contributed by atoms with E-state index in [0.717, 1.165) is 10.4 Å². The first-order valence-corrected chi connectivity index (χ1v) is 7.09. The van der Waals surface area contributed by atoms with Gasteiger partial charge >= 0.3 is 0 Å². The molecule has 2 rings (SSSR count). The van der Waals surface area contributed by atoms with Crippen LogP contribution in [0.2, 0.25) is 0 Å². The maximum Gasteiger partial charge on any atom is 0.255 e. The van der Waals surface area contributed by atoms with Gasteiger partial charge in [-0.15, -0.1) is 11.3 Å². The fourth-order valence-corrected chi connectivity index (χ4v) is 2.61. The van der Waals surface area contributed by atoms with Gasteiger partial charge in [0.05, 0.1) is 12.1 Å². The largest absolute Gasteiger partial charge is 0.384 e. The van der Waals surface area contributed by atoms with E-state index in [1.807, 2.05) is 11.4 Å². The Balaban J connectivity index is 2.05. The summed E-state index contributed by atoms with van der Waals surface area (Å²) in [5, 5.41) is 10.5. The third-order valence-corrected chi connectivity index (χ3v) is 3.66. The first kappa shape index (κ1) is 15.0. The molecular formula is C15H14N2O3S. The Morgan fingerprint density at radius 2 is 2.29 bits per heavy atom. The Labute approximate surface area is 125 Å². The van der Waals surface area contributed by atoms with Crippen LogP contribution in [0, 0.1) is 11.8 Å². The van der Waals surface area contributed by atoms with Crippen molar-refractivity contribution in [2.24, 2.45) is 0 Å². The van der Waals surface area contributed by atoms with E-state index in [9.17, 15) is 9.59 Å². The van der Waals surface area contributed by atoms with Gasteiger partial charge in [-0.25, -0.2) is 0 Å². The molecule has 0 atom stereocenters. The molecule has 0 spiro atoms. The number of aliphatic hydroxyl groups is 1. The number of carbonyl (C=O) groups is 1. The second-order valence-corrected chi connectivity index (χ2v) is 5.36. The summed E-state index contributed by atoms with van der Waals surface area (Å²) >= 11 is 1.51. The summed E-state index contributed by atoms with van der Waals surface area (Å²) in [7, 11) is 1.70. The molecule has 2 N–H and O–H groups in total. The molecule has 2 aromatic rings. The summed E-state index contributed by atoms with van der Waals surface area (Å²) in [5.41, 5.74) is 1.03. The molecule has 0 aliphatic rings. The fraction of sp³-hybridized carbons (Fsp3) is 0.200. The number of hydrogen-bond acceptors (Lipinski definition) is 4. The first-order valence-electron chi connectivity index (χ1n) is 6.21. The van der Waals surface area contributed by atoms with Gasteiger partial charge in [0.1, 0.15) is 6.61 Å². The highest BCUT2D eigenvalue weighted by molar-refractivity contribution is 7.10. The van der Waals surface area contributed by atoms with Gasteiger partial charge in [0.25, 0.3) is 5.91 Å². The van der Waals surface area contributed by atoms with Gasteiger partial charge in [-0.3, -0.25) is 9.59 Å². The fourth-order valence-electron chi connectivity index (χ4n) is 1.74. The van der Waals surface area contributed by atoms with Gasteiger partial charge in [0.2, 0.25) is 5.56 Å². The Bertz CT molecular complexity index is 732. The third kappa shape index (κ3) is 4.05. The normalized spacial score (nSPS) is 9.81. The smallest absolute Gasteiger partial charge is 0.255 e. The Kier molecular flexibility index (Phi) is 4.93. The van der Waals surface area contributed by atoms with E-state index in [1.54, 1.807) is 11.9 Å². The Morgan fingerprint density at radius 1 is 1.48 bits per heavy atom. The lowest BCUT2D eigenvalue weighted by Crippen LogP contribution is -2.26. The van der Waals surface area contributed by atoms with Gasteiger partial charge in [-0.05, 0) is 12.1 Å². The minimum Gasteiger partial charge on any atom is -0.384 e. The molecule has 1 amide bonds. The molecule has 6 heteroatoms. The minimum atomic E-state index is -0.237. The highest BCUT2D eigenvalue weighted by Gasteiger charge is 2.12. The van der Waals surface area contributed by atoms with Crippen LogP contribution < -0.4 is 5.56 Å². The maximum atomic E-state index is 12.2. The molecule has 0 aromatic carbocycles. The van der Waals surface area contributed by atoms with Crippen molar-refractivity contribution in [1.82, 2.24) is 9.88 Å². The van der Waals surface area contributed by atoms with E-state index in [2.05, 4.69) is 16.8 Å². The summed E-state index contributed by atoms with van der Waals surface area (Å²) in [5.74, 6) is 5.24. The molecule has 2 heterocycles. The molecule has 108 valence electrons. The Hall–Kier alpha value is -2.36. The molecule has 0 aliphatic heterocycles. The van der Waals surface area contributed by atoms with E-state index < -0.39 is 0 Å². The van der Waals surface area contributed by atoms with Gasteiger partial charge in [-0.2, -0.15) is 0 Å². The number of hydrogen-bond donors (Lipinski definition) is 2. The molecule has 2 aromatic heterocycles. The van der Waals surface area contributed by atoms with Gasteiger partial charge in [0.15, 0.2) is 0 Å². The van der Waals surface area contributed by atoms with Crippen molar-refractivity contribution in [2.45, 2.75) is 6.54 Å². The number of aromatic amines is 1. The number of pyridine rings is 1. The SMILES string of the molecule is CN(Cc1cc(C#CCO)cs1)C(=O)c1ccc(=O)[nH]c1. The number of aliphatic hydroxyl groups excluding tert-OH is 1. The van der Waals surface area contributed by atoms with Crippen LogP contribution in [0.15, 0.2) is 34.6 Å². The second-order valence-electron chi connectivity index (χ2n) is 4.36. The van der Waals surface area contributed by atoms with Crippen LogP contribution in [-0.4, -0.2) is 34.6 Å². The molecule has 0 fully saturated rings. The predicted octanol–water partition coefficient (Wildman–Crippen LogP) is 1.05. The van der Waals surface area contributed by atoms with Crippen molar-refractivity contribution < 1.29 is 9.90 Å². The lowest BCUT2D eigenvalue weighted by atomic mass is 10.2. The average molecular weight is 302 g/mol. The lowest BCUT2D eigenvalue weighted by molar-refractivity contribution is 0.0786. The number of nitrogens with one attached hydrogen (secondary N) is 1. The molecular weight excluding hydrogens is 288 g/mol. The highest BCUT2D eigenvalue weighted by atomic mass is 32.1. The van der Waals surface area contributed by atoms with Crippen LogP contribution in [0.3, 0.4) is 0 Å². The monoisotopic (exact) mass is 302 g/mol. The molecule has 0 bridgehead atoms. The molecule has 5 nitrogen and oxygen atoms in total. The van der Waals surface area contributed by atoms with E-state index in [4.69, 9.17) is 5.11 Å². The number of carbonyl (C=O) groups excluding carboxylic acids is 1. The number of thiophene rings is 1. The quantitative estimate of drug-likeness (QED) is 0.832. The number of amides is 1. The Morgan fingerprint density at radius 3 is 2.95 bits per heavy atom. The van der Waals surface area contributed by atoms with Crippen molar-refractivity contribution >= 4 is 17.2 Å². The number of rotatable bonds is 3. The van der Waals surface area contributed by atoms with Gasteiger partial charge in [0, 0.05) is 35.1 Å². The number of nitrogens with zero attached hydrogens (tertiary/aromatic N) is 1. The molecule has 0 unspecified atom stereocenters. The maximum absolute atomic E-state index is 12.2. The summed E-state index contributed by atoms with van der Waals surface area (Å²) in [6.45, 7) is 0.291. The molecule has 21 heavy (non-hydrogen) atoms. The van der Waals surface area contributed by atoms with Crippen LogP contribution in [-0.2, 0) is 6.54 Å². The van der Waals surface area contributed by atoms with E-state index >= 15 is 0 Å². The van der Waals surface area contributed by atoms with E-state index in [-0.39, 0.29) is 18.1 Å². The third-order valence-electron chi connectivity index (χ3n) is 2.74. The van der Waals surface area contributed by atoms with Crippen molar-refractivity contribution in [3.8, 4) is 11.8 Å². The minimum absolute atomic E-state index is 0.164. The van der Waals surface area contributed by atoms with Crippen LogP contribution in [0.25, 0.3) is 0 Å². The molecule has 0 saturated carbocycles. The van der Waals surface area contributed by atoms with Crippen LogP contribution >= 0.6 is 11.3 Å².